The molecule has 0 aliphatic rings. The molecule has 2 aromatic heterocycles. The molecule has 0 aliphatic carbocycles. The third-order valence-corrected chi connectivity index (χ3v) is 2.88. The average molecular weight is 245 g/mol. The van der Waals surface area contributed by atoms with Crippen LogP contribution in [0.3, 0.4) is 0 Å². The normalized spacial score (nSPS) is 12.7. The second-order valence-corrected chi connectivity index (χ2v) is 4.78. The molecule has 96 valence electrons. The summed E-state index contributed by atoms with van der Waals surface area (Å²) in [6.45, 7) is 6.27. The van der Waals surface area contributed by atoms with Crippen LogP contribution >= 0.6 is 0 Å². The molecule has 0 saturated heterocycles. The summed E-state index contributed by atoms with van der Waals surface area (Å²) in [7, 11) is 2.00. The molecular weight excluding hydrogens is 226 g/mol. The molecule has 0 amide bonds. The monoisotopic (exact) mass is 245 g/mol. The van der Waals surface area contributed by atoms with E-state index >= 15 is 0 Å². The molecule has 18 heavy (non-hydrogen) atoms. The van der Waals surface area contributed by atoms with Crippen LogP contribution < -0.4 is 5.32 Å². The zero-order valence-electron chi connectivity index (χ0n) is 11.3. The van der Waals surface area contributed by atoms with Crippen LogP contribution in [0.15, 0.2) is 24.7 Å². The molecule has 0 aliphatic heterocycles. The lowest BCUT2D eigenvalue weighted by Gasteiger charge is -2.22. The minimum absolute atomic E-state index is 0.104. The molecule has 2 heterocycles. The largest absolute Gasteiger partial charge is 0.344 e. The van der Waals surface area contributed by atoms with Crippen LogP contribution in [0.5, 0.6) is 0 Å². The van der Waals surface area contributed by atoms with Crippen LogP contribution in [0.25, 0.3) is 0 Å². The van der Waals surface area contributed by atoms with Crippen LogP contribution in [-0.4, -0.2) is 19.5 Å². The third-order valence-electron chi connectivity index (χ3n) is 2.88. The highest BCUT2D eigenvalue weighted by Crippen LogP contribution is 2.23. The van der Waals surface area contributed by atoms with Crippen molar-refractivity contribution in [1.29, 1.82) is 0 Å². The van der Waals surface area contributed by atoms with Gasteiger partial charge in [-0.1, -0.05) is 13.8 Å². The summed E-state index contributed by atoms with van der Waals surface area (Å²) >= 11 is 0. The lowest BCUT2D eigenvalue weighted by molar-refractivity contribution is 0.504. The SMILES string of the molecule is Cc1ccnc(N[C@@H](c2nccn2C)C(C)C)n1. The topological polar surface area (TPSA) is 55.6 Å². The maximum absolute atomic E-state index is 4.40. The Balaban J connectivity index is 2.25. The van der Waals surface area contributed by atoms with Crippen LogP contribution in [0.2, 0.25) is 0 Å². The first-order valence-electron chi connectivity index (χ1n) is 6.11. The van der Waals surface area contributed by atoms with E-state index in [1.54, 1.807) is 6.20 Å². The Morgan fingerprint density at radius 3 is 2.56 bits per heavy atom. The van der Waals surface area contributed by atoms with Gasteiger partial charge in [-0.05, 0) is 18.9 Å². The first-order chi connectivity index (χ1) is 8.58. The Hall–Kier alpha value is -1.91. The Bertz CT molecular complexity index is 518. The summed E-state index contributed by atoms with van der Waals surface area (Å²) in [4.78, 5) is 13.0. The van der Waals surface area contributed by atoms with Gasteiger partial charge in [0.15, 0.2) is 0 Å². The van der Waals surface area contributed by atoms with Crippen LogP contribution in [0.1, 0.15) is 31.4 Å². The lowest BCUT2D eigenvalue weighted by Crippen LogP contribution is -2.21. The molecule has 0 fully saturated rings. The van der Waals surface area contributed by atoms with Crippen molar-refractivity contribution in [2.75, 3.05) is 5.32 Å². The molecule has 0 unspecified atom stereocenters. The summed E-state index contributed by atoms with van der Waals surface area (Å²) in [5.41, 5.74) is 0.954. The van der Waals surface area contributed by atoms with Crippen molar-refractivity contribution in [3.63, 3.8) is 0 Å². The van der Waals surface area contributed by atoms with Gasteiger partial charge >= 0.3 is 0 Å². The van der Waals surface area contributed by atoms with Crippen LogP contribution in [0, 0.1) is 12.8 Å². The van der Waals surface area contributed by atoms with E-state index in [0.717, 1.165) is 11.5 Å². The second kappa shape index (κ2) is 5.16. The summed E-state index contributed by atoms with van der Waals surface area (Å²) in [6.07, 6.45) is 5.52. The highest BCUT2D eigenvalue weighted by Gasteiger charge is 2.20. The lowest BCUT2D eigenvalue weighted by atomic mass is 10.0. The van der Waals surface area contributed by atoms with Crippen LogP contribution in [-0.2, 0) is 7.05 Å². The van der Waals surface area contributed by atoms with E-state index in [1.165, 1.54) is 0 Å². The Labute approximate surface area is 107 Å². The maximum Gasteiger partial charge on any atom is 0.223 e. The summed E-state index contributed by atoms with van der Waals surface area (Å²) < 4.78 is 2.02. The molecule has 0 saturated carbocycles. The van der Waals surface area contributed by atoms with Crippen molar-refractivity contribution in [3.05, 3.63) is 36.2 Å². The Morgan fingerprint density at radius 2 is 2.00 bits per heavy atom. The maximum atomic E-state index is 4.40. The van der Waals surface area contributed by atoms with E-state index < -0.39 is 0 Å². The van der Waals surface area contributed by atoms with Crippen molar-refractivity contribution < 1.29 is 0 Å². The van der Waals surface area contributed by atoms with Crippen molar-refractivity contribution in [3.8, 4) is 0 Å². The quantitative estimate of drug-likeness (QED) is 0.898. The molecule has 0 spiro atoms. The molecule has 2 aromatic rings. The van der Waals surface area contributed by atoms with E-state index in [4.69, 9.17) is 0 Å². The molecule has 1 atom stereocenters. The fraction of sp³-hybridized carbons (Fsp3) is 0.462. The number of rotatable bonds is 4. The number of hydrogen-bond acceptors (Lipinski definition) is 4. The Morgan fingerprint density at radius 1 is 1.22 bits per heavy atom. The second-order valence-electron chi connectivity index (χ2n) is 4.78. The third kappa shape index (κ3) is 2.67. The summed E-state index contributed by atoms with van der Waals surface area (Å²) in [6, 6.07) is 1.99. The minimum Gasteiger partial charge on any atom is -0.344 e. The van der Waals surface area contributed by atoms with E-state index in [2.05, 4.69) is 34.1 Å². The molecule has 0 radical (unpaired) electrons. The molecule has 5 nitrogen and oxygen atoms in total. The van der Waals surface area contributed by atoms with Crippen molar-refractivity contribution in [1.82, 2.24) is 19.5 Å². The van der Waals surface area contributed by atoms with Gasteiger partial charge in [0, 0.05) is 31.3 Å². The first kappa shape index (κ1) is 12.5. The van der Waals surface area contributed by atoms with Crippen LogP contribution in [0.4, 0.5) is 5.95 Å². The van der Waals surface area contributed by atoms with Gasteiger partial charge in [-0.2, -0.15) is 0 Å². The standard InChI is InChI=1S/C13H19N5/c1-9(2)11(12-14-7-8-18(12)4)17-13-15-6-5-10(3)16-13/h5-9,11H,1-4H3,(H,15,16,17)/t11-/m1/s1. The van der Waals surface area contributed by atoms with E-state index in [-0.39, 0.29) is 6.04 Å². The van der Waals surface area contributed by atoms with Crippen molar-refractivity contribution in [2.24, 2.45) is 13.0 Å². The number of imidazole rings is 1. The fourth-order valence-electron chi connectivity index (χ4n) is 1.86. The number of nitrogens with zero attached hydrogens (tertiary/aromatic N) is 4. The van der Waals surface area contributed by atoms with Gasteiger partial charge in [0.1, 0.15) is 5.82 Å². The Kier molecular flexibility index (Phi) is 3.60. The number of aromatic nitrogens is 4. The number of aryl methyl sites for hydroxylation is 2. The molecule has 0 bridgehead atoms. The predicted octanol–water partition coefficient (Wildman–Crippen LogP) is 2.33. The van der Waals surface area contributed by atoms with Gasteiger partial charge in [-0.25, -0.2) is 15.0 Å². The van der Waals surface area contributed by atoms with Gasteiger partial charge in [-0.15, -0.1) is 0 Å². The van der Waals surface area contributed by atoms with E-state index in [1.807, 2.05) is 37.0 Å². The minimum atomic E-state index is 0.104. The first-order valence-corrected chi connectivity index (χ1v) is 6.11. The van der Waals surface area contributed by atoms with Crippen molar-refractivity contribution >= 4 is 5.95 Å². The number of anilines is 1. The summed E-state index contributed by atoms with van der Waals surface area (Å²) in [5, 5.41) is 3.36. The fourth-order valence-corrected chi connectivity index (χ4v) is 1.86. The molecule has 5 heteroatoms. The van der Waals surface area contributed by atoms with Crippen molar-refractivity contribution in [2.45, 2.75) is 26.8 Å². The van der Waals surface area contributed by atoms with Gasteiger partial charge in [0.05, 0.1) is 6.04 Å². The molecule has 2 rings (SSSR count). The van der Waals surface area contributed by atoms with Gasteiger partial charge in [-0.3, -0.25) is 0 Å². The zero-order valence-corrected chi connectivity index (χ0v) is 11.3. The van der Waals surface area contributed by atoms with E-state index in [9.17, 15) is 0 Å². The highest BCUT2D eigenvalue weighted by atomic mass is 15.2. The average Bonchev–Trinajstić information content (AvgIpc) is 2.72. The molecule has 1 N–H and O–H groups in total. The number of hydrogen-bond donors (Lipinski definition) is 1. The molecular formula is C13H19N5. The zero-order chi connectivity index (χ0) is 13.1. The highest BCUT2D eigenvalue weighted by molar-refractivity contribution is 5.28. The van der Waals surface area contributed by atoms with E-state index in [0.29, 0.717) is 11.9 Å². The molecule has 0 aromatic carbocycles. The predicted molar refractivity (Wildman–Crippen MR) is 71.2 cm³/mol. The van der Waals surface area contributed by atoms with Gasteiger partial charge in [0.25, 0.3) is 0 Å². The number of nitrogens with one attached hydrogen (secondary N) is 1. The van der Waals surface area contributed by atoms with Gasteiger partial charge in [0.2, 0.25) is 5.95 Å². The summed E-state index contributed by atoms with van der Waals surface area (Å²) in [5.74, 6) is 2.04. The van der Waals surface area contributed by atoms with Gasteiger partial charge < -0.3 is 9.88 Å². The smallest absolute Gasteiger partial charge is 0.223 e.